The van der Waals surface area contributed by atoms with Crippen LogP contribution in [0.25, 0.3) is 0 Å². The van der Waals surface area contributed by atoms with Gasteiger partial charge in [-0.2, -0.15) is 5.10 Å². The first-order valence-electron chi connectivity index (χ1n) is 5.50. The first kappa shape index (κ1) is 13.3. The molecule has 2 heterocycles. The summed E-state index contributed by atoms with van der Waals surface area (Å²) >= 11 is 1.36. The molecule has 2 aromatic rings. The summed E-state index contributed by atoms with van der Waals surface area (Å²) in [4.78, 5) is 16.6. The first-order chi connectivity index (χ1) is 9.19. The Morgan fingerprint density at radius 2 is 2.47 bits per heavy atom. The molecule has 0 fully saturated rings. The zero-order valence-electron chi connectivity index (χ0n) is 10.3. The van der Waals surface area contributed by atoms with Gasteiger partial charge < -0.3 is 10.4 Å². The molecule has 0 unspecified atom stereocenters. The van der Waals surface area contributed by atoms with E-state index in [2.05, 4.69) is 27.2 Å². The Kier molecular flexibility index (Phi) is 4.28. The van der Waals surface area contributed by atoms with Crippen molar-refractivity contribution in [1.29, 1.82) is 0 Å². The van der Waals surface area contributed by atoms with Gasteiger partial charge in [0.25, 0.3) is 5.91 Å². The minimum absolute atomic E-state index is 0.190. The minimum Gasteiger partial charge on any atom is -0.384 e. The van der Waals surface area contributed by atoms with Crippen LogP contribution in [-0.2, 0) is 13.6 Å². The number of rotatable bonds is 3. The van der Waals surface area contributed by atoms with E-state index in [4.69, 9.17) is 5.11 Å². The Morgan fingerprint density at radius 3 is 3.16 bits per heavy atom. The molecule has 19 heavy (non-hydrogen) atoms. The third-order valence-corrected chi connectivity index (χ3v) is 3.05. The van der Waals surface area contributed by atoms with E-state index in [-0.39, 0.29) is 19.1 Å². The SMILES string of the molecule is Cn1cnc(CNC(=O)c2csc(C#CCO)c2)n1. The summed E-state index contributed by atoms with van der Waals surface area (Å²) in [5.74, 6) is 5.66. The number of amides is 1. The van der Waals surface area contributed by atoms with Gasteiger partial charge in [-0.3, -0.25) is 9.48 Å². The molecule has 0 saturated carbocycles. The van der Waals surface area contributed by atoms with Gasteiger partial charge in [-0.25, -0.2) is 4.98 Å². The van der Waals surface area contributed by atoms with E-state index in [0.717, 1.165) is 4.88 Å². The zero-order chi connectivity index (χ0) is 13.7. The highest BCUT2D eigenvalue weighted by Gasteiger charge is 2.08. The van der Waals surface area contributed by atoms with Gasteiger partial charge in [0, 0.05) is 12.4 Å². The number of aliphatic hydroxyl groups is 1. The number of carbonyl (C=O) groups is 1. The van der Waals surface area contributed by atoms with Crippen LogP contribution in [-0.4, -0.2) is 32.4 Å². The maximum Gasteiger partial charge on any atom is 0.252 e. The highest BCUT2D eigenvalue weighted by atomic mass is 32.1. The van der Waals surface area contributed by atoms with Crippen molar-refractivity contribution in [1.82, 2.24) is 20.1 Å². The standard InChI is InChI=1S/C12H12N4O2S/c1-16-8-14-11(15-16)6-13-12(18)9-5-10(19-7-9)3-2-4-17/h5,7-8,17H,4,6H2,1H3,(H,13,18). The van der Waals surface area contributed by atoms with Crippen LogP contribution < -0.4 is 5.32 Å². The molecule has 0 aromatic carbocycles. The van der Waals surface area contributed by atoms with Crippen molar-refractivity contribution >= 4 is 17.2 Å². The van der Waals surface area contributed by atoms with Crippen LogP contribution >= 0.6 is 11.3 Å². The number of thiophene rings is 1. The number of aromatic nitrogens is 3. The maximum atomic E-state index is 11.8. The van der Waals surface area contributed by atoms with Gasteiger partial charge in [0.2, 0.25) is 0 Å². The Balaban J connectivity index is 1.94. The predicted molar refractivity (Wildman–Crippen MR) is 70.5 cm³/mol. The van der Waals surface area contributed by atoms with Crippen molar-refractivity contribution in [2.75, 3.05) is 6.61 Å². The van der Waals surface area contributed by atoms with Crippen molar-refractivity contribution in [2.45, 2.75) is 6.54 Å². The average Bonchev–Trinajstić information content (AvgIpc) is 3.02. The van der Waals surface area contributed by atoms with Crippen LogP contribution in [0.3, 0.4) is 0 Å². The van der Waals surface area contributed by atoms with Crippen molar-refractivity contribution in [3.63, 3.8) is 0 Å². The van der Waals surface area contributed by atoms with E-state index in [9.17, 15) is 4.79 Å². The lowest BCUT2D eigenvalue weighted by Crippen LogP contribution is -2.23. The Labute approximate surface area is 114 Å². The largest absolute Gasteiger partial charge is 0.384 e. The summed E-state index contributed by atoms with van der Waals surface area (Å²) in [5, 5.41) is 17.1. The van der Waals surface area contributed by atoms with Gasteiger partial charge in [0.1, 0.15) is 12.9 Å². The van der Waals surface area contributed by atoms with E-state index in [1.807, 2.05) is 0 Å². The number of aryl methyl sites for hydroxylation is 1. The molecule has 6 nitrogen and oxygen atoms in total. The number of nitrogens with zero attached hydrogens (tertiary/aromatic N) is 3. The minimum atomic E-state index is -0.194. The highest BCUT2D eigenvalue weighted by Crippen LogP contribution is 2.13. The summed E-state index contributed by atoms with van der Waals surface area (Å²) < 4.78 is 1.58. The zero-order valence-corrected chi connectivity index (χ0v) is 11.1. The number of aliphatic hydroxyl groups excluding tert-OH is 1. The number of carbonyl (C=O) groups excluding carboxylic acids is 1. The Hall–Kier alpha value is -2.17. The van der Waals surface area contributed by atoms with Crippen LogP contribution in [0, 0.1) is 11.8 Å². The van der Waals surface area contributed by atoms with Crippen molar-refractivity contribution in [3.05, 3.63) is 34.0 Å². The van der Waals surface area contributed by atoms with Crippen molar-refractivity contribution in [2.24, 2.45) is 7.05 Å². The molecule has 1 amide bonds. The van der Waals surface area contributed by atoms with Gasteiger partial charge in [0.05, 0.1) is 17.0 Å². The van der Waals surface area contributed by atoms with Crippen LogP contribution in [0.4, 0.5) is 0 Å². The molecular formula is C12H12N4O2S. The Bertz CT molecular complexity index is 635. The second-order valence-electron chi connectivity index (χ2n) is 3.68. The number of hydrogen-bond donors (Lipinski definition) is 2. The van der Waals surface area contributed by atoms with Gasteiger partial charge in [0.15, 0.2) is 5.82 Å². The molecule has 2 N–H and O–H groups in total. The normalized spacial score (nSPS) is 9.79. The Morgan fingerprint density at radius 1 is 1.63 bits per heavy atom. The lowest BCUT2D eigenvalue weighted by molar-refractivity contribution is 0.0950. The molecule has 98 valence electrons. The summed E-state index contributed by atoms with van der Waals surface area (Å²) in [5.41, 5.74) is 0.545. The summed E-state index contributed by atoms with van der Waals surface area (Å²) in [6.07, 6.45) is 1.58. The fourth-order valence-corrected chi connectivity index (χ4v) is 2.13. The molecule has 2 aromatic heterocycles. The summed E-state index contributed by atoms with van der Waals surface area (Å²) in [6, 6.07) is 1.69. The first-order valence-corrected chi connectivity index (χ1v) is 6.38. The third kappa shape index (κ3) is 3.64. The monoisotopic (exact) mass is 276 g/mol. The van der Waals surface area contributed by atoms with Crippen molar-refractivity contribution < 1.29 is 9.90 Å². The molecule has 0 spiro atoms. The molecule has 0 saturated heterocycles. The molecule has 7 heteroatoms. The smallest absolute Gasteiger partial charge is 0.252 e. The molecule has 0 radical (unpaired) electrons. The van der Waals surface area contributed by atoms with E-state index >= 15 is 0 Å². The quantitative estimate of drug-likeness (QED) is 0.782. The maximum absolute atomic E-state index is 11.8. The summed E-state index contributed by atoms with van der Waals surface area (Å²) in [7, 11) is 1.77. The average molecular weight is 276 g/mol. The number of hydrogen-bond acceptors (Lipinski definition) is 5. The van der Waals surface area contributed by atoms with Crippen LogP contribution in [0.1, 0.15) is 21.1 Å². The second-order valence-corrected chi connectivity index (χ2v) is 4.59. The highest BCUT2D eigenvalue weighted by molar-refractivity contribution is 7.10. The van der Waals surface area contributed by atoms with E-state index < -0.39 is 0 Å². The molecule has 0 bridgehead atoms. The van der Waals surface area contributed by atoms with Gasteiger partial charge in [-0.05, 0) is 6.07 Å². The lowest BCUT2D eigenvalue weighted by Gasteiger charge is -1.99. The molecule has 0 aliphatic heterocycles. The molecule has 0 atom stereocenters. The third-order valence-electron chi connectivity index (χ3n) is 2.21. The van der Waals surface area contributed by atoms with Crippen LogP contribution in [0.15, 0.2) is 17.8 Å². The van der Waals surface area contributed by atoms with Gasteiger partial charge >= 0.3 is 0 Å². The predicted octanol–water partition coefficient (Wildman–Crippen LogP) is 0.150. The van der Waals surface area contributed by atoms with Crippen LogP contribution in [0.2, 0.25) is 0 Å². The second kappa shape index (κ2) is 6.13. The van der Waals surface area contributed by atoms with Gasteiger partial charge in [-0.1, -0.05) is 11.8 Å². The van der Waals surface area contributed by atoms with Crippen molar-refractivity contribution in [3.8, 4) is 11.8 Å². The topological polar surface area (TPSA) is 80.0 Å². The lowest BCUT2D eigenvalue weighted by atomic mass is 10.3. The number of nitrogens with one attached hydrogen (secondary N) is 1. The fraction of sp³-hybridized carbons (Fsp3) is 0.250. The molecule has 0 aliphatic carbocycles. The molecule has 2 rings (SSSR count). The van der Waals surface area contributed by atoms with Crippen LogP contribution in [0.5, 0.6) is 0 Å². The summed E-state index contributed by atoms with van der Waals surface area (Å²) in [6.45, 7) is 0.0952. The molecule has 0 aliphatic rings. The van der Waals surface area contributed by atoms with Gasteiger partial charge in [-0.15, -0.1) is 11.3 Å². The van der Waals surface area contributed by atoms with E-state index in [1.165, 1.54) is 11.3 Å². The molecular weight excluding hydrogens is 264 g/mol. The fourth-order valence-electron chi connectivity index (χ4n) is 1.37. The van der Waals surface area contributed by atoms with E-state index in [1.54, 1.807) is 29.5 Å². The van der Waals surface area contributed by atoms with E-state index in [0.29, 0.717) is 11.4 Å².